The average molecular weight is 211 g/mol. The monoisotopic (exact) mass is 211 g/mol. The Kier molecular flexibility index (Phi) is 3.91. The quantitative estimate of drug-likeness (QED) is 0.527. The lowest BCUT2D eigenvalue weighted by Crippen LogP contribution is -2.42. The van der Waals surface area contributed by atoms with E-state index in [-0.39, 0.29) is 5.97 Å². The van der Waals surface area contributed by atoms with Gasteiger partial charge in [0.25, 0.3) is 0 Å². The van der Waals surface area contributed by atoms with Crippen molar-refractivity contribution in [2.75, 3.05) is 26.7 Å². The van der Waals surface area contributed by atoms with Gasteiger partial charge in [-0.25, -0.2) is 0 Å². The first-order valence-corrected chi connectivity index (χ1v) is 5.43. The molecule has 1 aliphatic heterocycles. The van der Waals surface area contributed by atoms with Gasteiger partial charge >= 0.3 is 5.97 Å². The third kappa shape index (κ3) is 3.34. The molecule has 0 aromatic carbocycles. The van der Waals surface area contributed by atoms with Gasteiger partial charge in [0.1, 0.15) is 0 Å². The van der Waals surface area contributed by atoms with Crippen LogP contribution in [0.1, 0.15) is 26.7 Å². The Labute approximate surface area is 92.1 Å². The second kappa shape index (κ2) is 4.79. The summed E-state index contributed by atoms with van der Waals surface area (Å²) in [5.41, 5.74) is 0.912. The highest BCUT2D eigenvalue weighted by molar-refractivity contribution is 5.76. The Hall–Kier alpha value is -0.830. The highest BCUT2D eigenvalue weighted by Crippen LogP contribution is 2.22. The lowest BCUT2D eigenvalue weighted by molar-refractivity contribution is -0.151. The lowest BCUT2D eigenvalue weighted by atomic mass is 9.91. The van der Waals surface area contributed by atoms with Crippen LogP contribution in [0.4, 0.5) is 0 Å². The van der Waals surface area contributed by atoms with Crippen LogP contribution in [0.5, 0.6) is 0 Å². The summed E-state index contributed by atoms with van der Waals surface area (Å²) in [4.78, 5) is 13.8. The summed E-state index contributed by atoms with van der Waals surface area (Å²) in [7, 11) is 1.45. The fraction of sp³-hybridized carbons (Fsp3) is 0.750. The molecular weight excluding hydrogens is 190 g/mol. The molecule has 0 radical (unpaired) electrons. The number of ether oxygens (including phenoxy) is 1. The minimum Gasteiger partial charge on any atom is -0.469 e. The molecule has 0 bridgehead atoms. The fourth-order valence-corrected chi connectivity index (χ4v) is 1.93. The molecule has 0 spiro atoms. The van der Waals surface area contributed by atoms with Crippen molar-refractivity contribution in [3.05, 3.63) is 12.2 Å². The standard InChI is InChI=1S/C12H21NO2/c1-10-5-7-13(8-6-10)9-12(2,3)11(14)15-4/h1,5-9H2,2-4H3. The Morgan fingerprint density at radius 1 is 1.47 bits per heavy atom. The number of carbonyl (C=O) groups excluding carboxylic acids is 1. The molecule has 0 unspecified atom stereocenters. The van der Waals surface area contributed by atoms with Crippen LogP contribution in [0, 0.1) is 5.41 Å². The molecule has 1 heterocycles. The van der Waals surface area contributed by atoms with Crippen LogP contribution in [0.2, 0.25) is 0 Å². The van der Waals surface area contributed by atoms with Crippen LogP contribution >= 0.6 is 0 Å². The Balaban J connectivity index is 2.47. The predicted molar refractivity (Wildman–Crippen MR) is 60.6 cm³/mol. The first kappa shape index (κ1) is 12.2. The number of piperidine rings is 1. The molecule has 0 N–H and O–H groups in total. The summed E-state index contributed by atoms with van der Waals surface area (Å²) in [6, 6.07) is 0. The molecule has 0 aromatic heterocycles. The molecule has 3 heteroatoms. The summed E-state index contributed by atoms with van der Waals surface area (Å²) >= 11 is 0. The topological polar surface area (TPSA) is 29.5 Å². The van der Waals surface area contributed by atoms with Gasteiger partial charge in [-0.05, 0) is 26.7 Å². The van der Waals surface area contributed by atoms with Crippen molar-refractivity contribution in [3.63, 3.8) is 0 Å². The van der Waals surface area contributed by atoms with Crippen LogP contribution in [0.15, 0.2) is 12.2 Å². The molecule has 0 aliphatic carbocycles. The van der Waals surface area contributed by atoms with E-state index in [1.807, 2.05) is 13.8 Å². The van der Waals surface area contributed by atoms with Gasteiger partial charge in [0.2, 0.25) is 0 Å². The zero-order valence-corrected chi connectivity index (χ0v) is 10.0. The molecule has 3 nitrogen and oxygen atoms in total. The van der Waals surface area contributed by atoms with Crippen LogP contribution in [-0.4, -0.2) is 37.6 Å². The maximum Gasteiger partial charge on any atom is 0.312 e. The number of carbonyl (C=O) groups is 1. The van der Waals surface area contributed by atoms with Crippen LogP contribution in [0.3, 0.4) is 0 Å². The summed E-state index contributed by atoms with van der Waals surface area (Å²) in [5.74, 6) is -0.132. The number of rotatable bonds is 3. The van der Waals surface area contributed by atoms with Gasteiger partial charge in [-0.3, -0.25) is 4.79 Å². The summed E-state index contributed by atoms with van der Waals surface area (Å²) in [6.07, 6.45) is 2.11. The van der Waals surface area contributed by atoms with Crippen molar-refractivity contribution < 1.29 is 9.53 Å². The van der Waals surface area contributed by atoms with Crippen LogP contribution < -0.4 is 0 Å². The Morgan fingerprint density at radius 2 is 2.00 bits per heavy atom. The highest BCUT2D eigenvalue weighted by Gasteiger charge is 2.31. The lowest BCUT2D eigenvalue weighted by Gasteiger charge is -2.33. The highest BCUT2D eigenvalue weighted by atomic mass is 16.5. The number of hydrogen-bond donors (Lipinski definition) is 0. The predicted octanol–water partition coefficient (Wildman–Crippen LogP) is 1.84. The summed E-state index contributed by atoms with van der Waals surface area (Å²) < 4.78 is 4.79. The molecule has 0 aromatic rings. The molecule has 86 valence electrons. The smallest absolute Gasteiger partial charge is 0.312 e. The van der Waals surface area contributed by atoms with Crippen LogP contribution in [0.25, 0.3) is 0 Å². The van der Waals surface area contributed by atoms with Crippen molar-refractivity contribution in [2.24, 2.45) is 5.41 Å². The van der Waals surface area contributed by atoms with Crippen molar-refractivity contribution in [3.8, 4) is 0 Å². The number of esters is 1. The van der Waals surface area contributed by atoms with Gasteiger partial charge < -0.3 is 9.64 Å². The van der Waals surface area contributed by atoms with Gasteiger partial charge in [0, 0.05) is 19.6 Å². The summed E-state index contributed by atoms with van der Waals surface area (Å²) in [6.45, 7) is 10.6. The molecule has 0 saturated carbocycles. The van der Waals surface area contributed by atoms with Crippen LogP contribution in [-0.2, 0) is 9.53 Å². The number of likely N-dealkylation sites (tertiary alicyclic amines) is 1. The van der Waals surface area contributed by atoms with E-state index in [1.165, 1.54) is 12.7 Å². The van der Waals surface area contributed by atoms with Crippen molar-refractivity contribution >= 4 is 5.97 Å². The summed E-state index contributed by atoms with van der Waals surface area (Å²) in [5, 5.41) is 0. The average Bonchev–Trinajstić information content (AvgIpc) is 2.20. The SMILES string of the molecule is C=C1CCN(CC(C)(C)C(=O)OC)CC1. The first-order valence-electron chi connectivity index (χ1n) is 5.43. The van der Waals surface area contributed by atoms with Crippen molar-refractivity contribution in [1.82, 2.24) is 4.90 Å². The molecule has 1 fully saturated rings. The maximum absolute atomic E-state index is 11.5. The first-order chi connectivity index (χ1) is 6.95. The molecule has 0 atom stereocenters. The minimum absolute atomic E-state index is 0.132. The molecular formula is C12H21NO2. The Bertz CT molecular complexity index is 248. The minimum atomic E-state index is -0.409. The van der Waals surface area contributed by atoms with E-state index in [4.69, 9.17) is 4.74 Å². The van der Waals surface area contributed by atoms with Gasteiger partial charge in [0.05, 0.1) is 12.5 Å². The van der Waals surface area contributed by atoms with E-state index in [9.17, 15) is 4.79 Å². The zero-order chi connectivity index (χ0) is 11.5. The van der Waals surface area contributed by atoms with E-state index >= 15 is 0 Å². The van der Waals surface area contributed by atoms with E-state index in [0.717, 1.165) is 32.5 Å². The van der Waals surface area contributed by atoms with E-state index in [2.05, 4.69) is 11.5 Å². The second-order valence-corrected chi connectivity index (χ2v) is 4.90. The molecule has 0 amide bonds. The van der Waals surface area contributed by atoms with Crippen molar-refractivity contribution in [2.45, 2.75) is 26.7 Å². The second-order valence-electron chi connectivity index (χ2n) is 4.90. The molecule has 15 heavy (non-hydrogen) atoms. The third-order valence-corrected chi connectivity index (χ3v) is 2.92. The fourth-order valence-electron chi connectivity index (χ4n) is 1.93. The molecule has 1 saturated heterocycles. The van der Waals surface area contributed by atoms with E-state index in [1.54, 1.807) is 0 Å². The van der Waals surface area contributed by atoms with E-state index in [0.29, 0.717) is 0 Å². The van der Waals surface area contributed by atoms with E-state index < -0.39 is 5.41 Å². The zero-order valence-electron chi connectivity index (χ0n) is 10.0. The number of hydrogen-bond acceptors (Lipinski definition) is 3. The normalized spacial score (nSPS) is 19.0. The Morgan fingerprint density at radius 3 is 2.47 bits per heavy atom. The number of nitrogens with zero attached hydrogens (tertiary/aromatic N) is 1. The van der Waals surface area contributed by atoms with Gasteiger partial charge in [-0.15, -0.1) is 0 Å². The molecule has 1 aliphatic rings. The van der Waals surface area contributed by atoms with Crippen molar-refractivity contribution in [1.29, 1.82) is 0 Å². The van der Waals surface area contributed by atoms with Gasteiger partial charge in [-0.2, -0.15) is 0 Å². The van der Waals surface area contributed by atoms with Gasteiger partial charge in [-0.1, -0.05) is 12.2 Å². The van der Waals surface area contributed by atoms with Gasteiger partial charge in [0.15, 0.2) is 0 Å². The largest absolute Gasteiger partial charge is 0.469 e. The molecule has 1 rings (SSSR count). The third-order valence-electron chi connectivity index (χ3n) is 2.92. The maximum atomic E-state index is 11.5. The number of methoxy groups -OCH3 is 1.